The van der Waals surface area contributed by atoms with Crippen molar-refractivity contribution < 1.29 is 9.53 Å². The van der Waals surface area contributed by atoms with Crippen LogP contribution >= 0.6 is 0 Å². The molecule has 3 aromatic rings. The Labute approximate surface area is 160 Å². The van der Waals surface area contributed by atoms with Crippen molar-refractivity contribution in [3.05, 3.63) is 48.3 Å². The number of carbonyl (C=O) groups is 1. The molecular weight excluding hydrogens is 338 g/mol. The number of rotatable bonds is 9. The van der Waals surface area contributed by atoms with Crippen molar-refractivity contribution in [1.29, 1.82) is 0 Å². The summed E-state index contributed by atoms with van der Waals surface area (Å²) in [5, 5.41) is 5.36. The van der Waals surface area contributed by atoms with Gasteiger partial charge in [-0.3, -0.25) is 9.25 Å². The van der Waals surface area contributed by atoms with Gasteiger partial charge in [0.25, 0.3) is 0 Å². The van der Waals surface area contributed by atoms with Crippen LogP contribution in [0.3, 0.4) is 0 Å². The van der Waals surface area contributed by atoms with Gasteiger partial charge in [-0.1, -0.05) is 51.3 Å². The molecule has 0 aliphatic heterocycles. The zero-order valence-electron chi connectivity index (χ0n) is 16.5. The molecule has 0 aliphatic rings. The van der Waals surface area contributed by atoms with Gasteiger partial charge < -0.3 is 4.74 Å². The molecular formula is C22H29N3O2. The summed E-state index contributed by atoms with van der Waals surface area (Å²) < 4.78 is 9.56. The minimum Gasteiger partial charge on any atom is -0.459 e. The van der Waals surface area contributed by atoms with Crippen molar-refractivity contribution in [3.8, 4) is 5.82 Å². The van der Waals surface area contributed by atoms with Crippen LogP contribution in [0.5, 0.6) is 0 Å². The van der Waals surface area contributed by atoms with Gasteiger partial charge in [-0.25, -0.2) is 4.79 Å². The Kier molecular flexibility index (Phi) is 6.32. The van der Waals surface area contributed by atoms with Crippen LogP contribution in [0.4, 0.5) is 0 Å². The van der Waals surface area contributed by atoms with Crippen molar-refractivity contribution in [2.24, 2.45) is 7.05 Å². The van der Waals surface area contributed by atoms with Crippen LogP contribution in [0.15, 0.2) is 42.7 Å². The van der Waals surface area contributed by atoms with E-state index >= 15 is 0 Å². The van der Waals surface area contributed by atoms with Gasteiger partial charge in [0, 0.05) is 30.9 Å². The summed E-state index contributed by atoms with van der Waals surface area (Å²) in [5.41, 5.74) is 1.56. The third kappa shape index (κ3) is 4.41. The number of benzene rings is 1. The van der Waals surface area contributed by atoms with Gasteiger partial charge in [-0.15, -0.1) is 0 Å². The van der Waals surface area contributed by atoms with Crippen LogP contribution in [-0.2, 0) is 11.8 Å². The third-order valence-electron chi connectivity index (χ3n) is 4.99. The van der Waals surface area contributed by atoms with E-state index in [2.05, 4.69) is 18.9 Å². The van der Waals surface area contributed by atoms with Crippen LogP contribution < -0.4 is 0 Å². The molecule has 1 aromatic carbocycles. The van der Waals surface area contributed by atoms with Crippen LogP contribution in [0.2, 0.25) is 0 Å². The number of para-hydroxylation sites is 1. The Morgan fingerprint density at radius 2 is 1.96 bits per heavy atom. The number of fused-ring (bicyclic) bond motifs is 1. The molecule has 1 unspecified atom stereocenters. The summed E-state index contributed by atoms with van der Waals surface area (Å²) >= 11 is 0. The number of hydrogen-bond acceptors (Lipinski definition) is 3. The van der Waals surface area contributed by atoms with Crippen LogP contribution in [0, 0.1) is 0 Å². The van der Waals surface area contributed by atoms with E-state index in [1.165, 1.54) is 19.3 Å². The van der Waals surface area contributed by atoms with Gasteiger partial charge >= 0.3 is 5.97 Å². The average Bonchev–Trinajstić information content (AvgIpc) is 3.27. The molecule has 0 fully saturated rings. The lowest BCUT2D eigenvalue weighted by Gasteiger charge is -2.15. The quantitative estimate of drug-likeness (QED) is 0.382. The van der Waals surface area contributed by atoms with Crippen molar-refractivity contribution in [3.63, 3.8) is 0 Å². The molecule has 1 atom stereocenters. The maximum absolute atomic E-state index is 12.9. The molecule has 5 nitrogen and oxygen atoms in total. The zero-order chi connectivity index (χ0) is 19.2. The van der Waals surface area contributed by atoms with Crippen LogP contribution in [0.1, 0.15) is 62.7 Å². The number of aryl methyl sites for hydroxylation is 1. The second-order valence-electron chi connectivity index (χ2n) is 7.06. The predicted molar refractivity (Wildman–Crippen MR) is 108 cm³/mol. The minimum atomic E-state index is -0.247. The summed E-state index contributed by atoms with van der Waals surface area (Å²) in [6, 6.07) is 9.82. The van der Waals surface area contributed by atoms with Crippen molar-refractivity contribution in [2.45, 2.75) is 58.5 Å². The number of aromatic nitrogens is 3. The Hall–Kier alpha value is -2.56. The van der Waals surface area contributed by atoms with E-state index in [1.54, 1.807) is 4.68 Å². The third-order valence-corrected chi connectivity index (χ3v) is 4.99. The lowest BCUT2D eigenvalue weighted by atomic mass is 10.1. The molecule has 2 heterocycles. The minimum absolute atomic E-state index is 0.0219. The number of ether oxygens (including phenoxy) is 1. The Morgan fingerprint density at radius 3 is 2.67 bits per heavy atom. The van der Waals surface area contributed by atoms with Gasteiger partial charge in [0.15, 0.2) is 5.82 Å². The molecule has 2 aromatic heterocycles. The molecule has 27 heavy (non-hydrogen) atoms. The van der Waals surface area contributed by atoms with Gasteiger partial charge in [0.2, 0.25) is 0 Å². The second-order valence-corrected chi connectivity index (χ2v) is 7.06. The van der Waals surface area contributed by atoms with E-state index < -0.39 is 0 Å². The first-order valence-electron chi connectivity index (χ1n) is 9.95. The highest BCUT2D eigenvalue weighted by Crippen LogP contribution is 2.26. The molecule has 0 spiro atoms. The fourth-order valence-electron chi connectivity index (χ4n) is 3.42. The van der Waals surface area contributed by atoms with E-state index in [1.807, 2.05) is 54.3 Å². The van der Waals surface area contributed by atoms with Crippen molar-refractivity contribution >= 4 is 16.9 Å². The highest BCUT2D eigenvalue weighted by atomic mass is 16.5. The molecule has 0 bridgehead atoms. The first kappa shape index (κ1) is 19.2. The number of esters is 1. The lowest BCUT2D eigenvalue weighted by molar-refractivity contribution is 0.0269. The fraction of sp³-hybridized carbons (Fsp3) is 0.455. The monoisotopic (exact) mass is 367 g/mol. The largest absolute Gasteiger partial charge is 0.459 e. The number of hydrogen-bond donors (Lipinski definition) is 0. The summed E-state index contributed by atoms with van der Waals surface area (Å²) in [7, 11) is 1.88. The fourth-order valence-corrected chi connectivity index (χ4v) is 3.42. The summed E-state index contributed by atoms with van der Waals surface area (Å²) in [6.07, 6.45) is 10.2. The van der Waals surface area contributed by atoms with Crippen molar-refractivity contribution in [2.75, 3.05) is 0 Å². The molecule has 3 rings (SSSR count). The summed E-state index contributed by atoms with van der Waals surface area (Å²) in [5.74, 6) is 0.544. The maximum Gasteiger partial charge on any atom is 0.340 e. The standard InChI is InChI=1S/C22H29N3O2/c1-4-6-7-8-11-17(5-2)27-22(26)19-16-25(21-14-15-24(3)23-21)20-13-10-9-12-18(19)20/h9-10,12-17H,4-8,11H2,1-3H3. The normalized spacial score (nSPS) is 12.4. The van der Waals surface area contributed by atoms with Crippen molar-refractivity contribution in [1.82, 2.24) is 14.3 Å². The average molecular weight is 367 g/mol. The highest BCUT2D eigenvalue weighted by molar-refractivity contribution is 6.04. The molecule has 0 saturated heterocycles. The molecule has 0 aliphatic carbocycles. The molecule has 0 radical (unpaired) electrons. The van der Waals surface area contributed by atoms with Crippen LogP contribution in [-0.4, -0.2) is 26.4 Å². The van der Waals surface area contributed by atoms with Gasteiger partial charge in [0.1, 0.15) is 6.10 Å². The van der Waals surface area contributed by atoms with Gasteiger partial charge in [0.05, 0.1) is 11.1 Å². The van der Waals surface area contributed by atoms with E-state index in [4.69, 9.17) is 4.74 Å². The topological polar surface area (TPSA) is 49.0 Å². The molecule has 144 valence electrons. The number of carbonyl (C=O) groups excluding carboxylic acids is 1. The lowest BCUT2D eigenvalue weighted by Crippen LogP contribution is -2.17. The maximum atomic E-state index is 12.9. The first-order chi connectivity index (χ1) is 13.1. The second kappa shape index (κ2) is 8.89. The molecule has 0 amide bonds. The molecule has 0 N–H and O–H groups in total. The summed E-state index contributed by atoms with van der Waals surface area (Å²) in [6.45, 7) is 4.28. The number of unbranched alkanes of at least 4 members (excludes halogenated alkanes) is 3. The Balaban J connectivity index is 1.82. The van der Waals surface area contributed by atoms with E-state index in [9.17, 15) is 4.79 Å². The van der Waals surface area contributed by atoms with Crippen LogP contribution in [0.25, 0.3) is 16.7 Å². The van der Waals surface area contributed by atoms with Gasteiger partial charge in [-0.2, -0.15) is 5.10 Å². The Morgan fingerprint density at radius 1 is 1.15 bits per heavy atom. The predicted octanol–water partition coefficient (Wildman–Crippen LogP) is 5.27. The van der Waals surface area contributed by atoms with E-state index in [0.29, 0.717) is 5.56 Å². The SMILES string of the molecule is CCCCCCC(CC)OC(=O)c1cn(-c2ccn(C)n2)c2ccccc12. The van der Waals surface area contributed by atoms with E-state index in [0.717, 1.165) is 36.0 Å². The smallest absolute Gasteiger partial charge is 0.340 e. The zero-order valence-corrected chi connectivity index (χ0v) is 16.5. The van der Waals surface area contributed by atoms with Gasteiger partial charge in [-0.05, 0) is 25.3 Å². The Bertz CT molecular complexity index is 894. The number of nitrogens with zero attached hydrogens (tertiary/aromatic N) is 3. The highest BCUT2D eigenvalue weighted by Gasteiger charge is 2.20. The molecule has 0 saturated carbocycles. The van der Waals surface area contributed by atoms with E-state index in [-0.39, 0.29) is 12.1 Å². The molecule has 5 heteroatoms. The first-order valence-corrected chi connectivity index (χ1v) is 9.95. The summed E-state index contributed by atoms with van der Waals surface area (Å²) in [4.78, 5) is 12.9.